The Morgan fingerprint density at radius 2 is 1.85 bits per heavy atom. The molecule has 7 heteroatoms. The van der Waals surface area contributed by atoms with Gasteiger partial charge < -0.3 is 14.8 Å². The SMILES string of the molecule is N#Cc1cccnc1N1CCN(C(=O)c2ccccc2-c2ncc[nH]2)CC1. The summed E-state index contributed by atoms with van der Waals surface area (Å²) in [5.74, 6) is 1.36. The molecule has 1 fully saturated rings. The molecule has 134 valence electrons. The van der Waals surface area contributed by atoms with Crippen molar-refractivity contribution in [3.63, 3.8) is 0 Å². The van der Waals surface area contributed by atoms with Gasteiger partial charge in [-0.25, -0.2) is 9.97 Å². The van der Waals surface area contributed by atoms with Crippen LogP contribution in [0, 0.1) is 11.3 Å². The molecule has 1 N–H and O–H groups in total. The monoisotopic (exact) mass is 358 g/mol. The summed E-state index contributed by atoms with van der Waals surface area (Å²) in [7, 11) is 0. The number of nitrogens with zero attached hydrogens (tertiary/aromatic N) is 5. The van der Waals surface area contributed by atoms with Crippen molar-refractivity contribution in [2.24, 2.45) is 0 Å². The minimum absolute atomic E-state index is 0.0109. The highest BCUT2D eigenvalue weighted by atomic mass is 16.2. The second-order valence-electron chi connectivity index (χ2n) is 6.25. The first-order chi connectivity index (χ1) is 13.3. The molecule has 0 atom stereocenters. The molecule has 27 heavy (non-hydrogen) atoms. The van der Waals surface area contributed by atoms with Gasteiger partial charge in [0.25, 0.3) is 5.91 Å². The highest BCUT2D eigenvalue weighted by molar-refractivity contribution is 6.00. The van der Waals surface area contributed by atoms with Gasteiger partial charge in [-0.05, 0) is 18.2 Å². The van der Waals surface area contributed by atoms with E-state index in [9.17, 15) is 10.1 Å². The van der Waals surface area contributed by atoms with E-state index in [0.717, 1.165) is 5.56 Å². The van der Waals surface area contributed by atoms with Crippen LogP contribution in [-0.2, 0) is 0 Å². The molecule has 0 radical (unpaired) electrons. The second-order valence-corrected chi connectivity index (χ2v) is 6.25. The number of piperazine rings is 1. The summed E-state index contributed by atoms with van der Waals surface area (Å²) in [4.78, 5) is 28.6. The van der Waals surface area contributed by atoms with Gasteiger partial charge in [-0.15, -0.1) is 0 Å². The number of anilines is 1. The quantitative estimate of drug-likeness (QED) is 0.776. The van der Waals surface area contributed by atoms with Crippen LogP contribution >= 0.6 is 0 Å². The molecule has 3 heterocycles. The molecule has 1 aliphatic heterocycles. The fourth-order valence-corrected chi connectivity index (χ4v) is 3.32. The number of aromatic nitrogens is 3. The summed E-state index contributed by atoms with van der Waals surface area (Å²) in [6.45, 7) is 2.43. The first kappa shape index (κ1) is 16.8. The molecular weight excluding hydrogens is 340 g/mol. The molecule has 3 aromatic rings. The van der Waals surface area contributed by atoms with E-state index in [-0.39, 0.29) is 5.91 Å². The summed E-state index contributed by atoms with van der Waals surface area (Å²) in [5, 5.41) is 9.27. The zero-order chi connectivity index (χ0) is 18.6. The number of nitrogens with one attached hydrogen (secondary N) is 1. The maximum Gasteiger partial charge on any atom is 0.254 e. The van der Waals surface area contributed by atoms with Crippen LogP contribution < -0.4 is 4.90 Å². The van der Waals surface area contributed by atoms with Crippen LogP contribution in [0.15, 0.2) is 55.0 Å². The van der Waals surface area contributed by atoms with Crippen molar-refractivity contribution in [2.75, 3.05) is 31.1 Å². The Kier molecular flexibility index (Phi) is 4.54. The molecule has 4 rings (SSSR count). The fourth-order valence-electron chi connectivity index (χ4n) is 3.32. The van der Waals surface area contributed by atoms with Crippen molar-refractivity contribution in [3.05, 3.63) is 66.1 Å². The number of nitriles is 1. The zero-order valence-electron chi connectivity index (χ0n) is 14.7. The summed E-state index contributed by atoms with van der Waals surface area (Å²) in [6.07, 6.45) is 5.11. The van der Waals surface area contributed by atoms with Crippen molar-refractivity contribution >= 4 is 11.7 Å². The van der Waals surface area contributed by atoms with Crippen molar-refractivity contribution in [1.82, 2.24) is 19.9 Å². The standard InChI is InChI=1S/C20H18N6O/c21-14-15-4-3-7-24-19(15)25-10-12-26(13-11-25)20(27)17-6-2-1-5-16(17)18-22-8-9-23-18/h1-9H,10-13H2,(H,22,23). The van der Waals surface area contributed by atoms with Crippen LogP contribution in [0.3, 0.4) is 0 Å². The van der Waals surface area contributed by atoms with Crippen molar-refractivity contribution in [1.29, 1.82) is 5.26 Å². The fraction of sp³-hybridized carbons (Fsp3) is 0.200. The summed E-state index contributed by atoms with van der Waals surface area (Å²) in [6, 6.07) is 13.2. The summed E-state index contributed by atoms with van der Waals surface area (Å²) in [5.41, 5.74) is 1.99. The molecule has 0 unspecified atom stereocenters. The predicted molar refractivity (Wildman–Crippen MR) is 101 cm³/mol. The van der Waals surface area contributed by atoms with Crippen LogP contribution in [0.4, 0.5) is 5.82 Å². The van der Waals surface area contributed by atoms with Crippen LogP contribution in [0.2, 0.25) is 0 Å². The minimum Gasteiger partial charge on any atom is -0.352 e. The van der Waals surface area contributed by atoms with Crippen molar-refractivity contribution < 1.29 is 4.79 Å². The van der Waals surface area contributed by atoms with Gasteiger partial charge in [0.2, 0.25) is 0 Å². The second kappa shape index (κ2) is 7.30. The third-order valence-corrected chi connectivity index (χ3v) is 4.68. The Bertz CT molecular complexity index is 984. The molecule has 1 amide bonds. The van der Waals surface area contributed by atoms with E-state index in [1.807, 2.05) is 29.2 Å². The van der Waals surface area contributed by atoms with Gasteiger partial charge in [-0.1, -0.05) is 18.2 Å². The largest absolute Gasteiger partial charge is 0.352 e. The van der Waals surface area contributed by atoms with Gasteiger partial charge >= 0.3 is 0 Å². The predicted octanol–water partition coefficient (Wildman–Crippen LogP) is 2.31. The van der Waals surface area contributed by atoms with Gasteiger partial charge in [-0.3, -0.25) is 4.79 Å². The number of rotatable bonds is 3. The zero-order valence-corrected chi connectivity index (χ0v) is 14.7. The molecule has 0 spiro atoms. The van der Waals surface area contributed by atoms with E-state index in [1.54, 1.807) is 30.7 Å². The van der Waals surface area contributed by atoms with Gasteiger partial charge in [0, 0.05) is 50.3 Å². The number of H-pyrrole nitrogens is 1. The number of amides is 1. The molecule has 2 aromatic heterocycles. The van der Waals surface area contributed by atoms with E-state index < -0.39 is 0 Å². The summed E-state index contributed by atoms with van der Waals surface area (Å²) < 4.78 is 0. The first-order valence-corrected chi connectivity index (χ1v) is 8.76. The molecule has 7 nitrogen and oxygen atoms in total. The lowest BCUT2D eigenvalue weighted by Gasteiger charge is -2.36. The smallest absolute Gasteiger partial charge is 0.254 e. The first-order valence-electron chi connectivity index (χ1n) is 8.76. The van der Waals surface area contributed by atoms with Crippen LogP contribution in [0.5, 0.6) is 0 Å². The molecule has 1 saturated heterocycles. The van der Waals surface area contributed by atoms with Crippen molar-refractivity contribution in [3.8, 4) is 17.5 Å². The third-order valence-electron chi connectivity index (χ3n) is 4.68. The van der Waals surface area contributed by atoms with Crippen molar-refractivity contribution in [2.45, 2.75) is 0 Å². The molecule has 0 aliphatic carbocycles. The average Bonchev–Trinajstić information content (AvgIpc) is 3.28. The number of hydrogen-bond acceptors (Lipinski definition) is 5. The maximum absolute atomic E-state index is 13.1. The molecule has 1 aliphatic rings. The number of carbonyl (C=O) groups excluding carboxylic acids is 1. The molecular formula is C20H18N6O. The minimum atomic E-state index is -0.0109. The Balaban J connectivity index is 1.51. The number of pyridine rings is 1. The van der Waals surface area contributed by atoms with Gasteiger partial charge in [-0.2, -0.15) is 5.26 Å². The highest BCUT2D eigenvalue weighted by Gasteiger charge is 2.25. The Morgan fingerprint density at radius 3 is 2.59 bits per heavy atom. The number of imidazole rings is 1. The Labute approximate surface area is 156 Å². The normalized spacial score (nSPS) is 14.0. The topological polar surface area (TPSA) is 88.9 Å². The molecule has 1 aromatic carbocycles. The van der Waals surface area contributed by atoms with E-state index in [1.165, 1.54) is 0 Å². The lowest BCUT2D eigenvalue weighted by Crippen LogP contribution is -2.49. The van der Waals surface area contributed by atoms with Crippen LogP contribution in [0.1, 0.15) is 15.9 Å². The highest BCUT2D eigenvalue weighted by Crippen LogP contribution is 2.23. The third kappa shape index (κ3) is 3.25. The average molecular weight is 358 g/mol. The Hall–Kier alpha value is -3.66. The van der Waals surface area contributed by atoms with Gasteiger partial charge in [0.05, 0.1) is 11.1 Å². The maximum atomic E-state index is 13.1. The number of carbonyl (C=O) groups is 1. The van der Waals surface area contributed by atoms with E-state index in [0.29, 0.717) is 48.9 Å². The summed E-state index contributed by atoms with van der Waals surface area (Å²) >= 11 is 0. The van der Waals surface area contributed by atoms with E-state index in [4.69, 9.17) is 0 Å². The molecule has 0 saturated carbocycles. The van der Waals surface area contributed by atoms with E-state index >= 15 is 0 Å². The van der Waals surface area contributed by atoms with Gasteiger partial charge in [0.1, 0.15) is 17.7 Å². The van der Waals surface area contributed by atoms with E-state index in [2.05, 4.69) is 25.9 Å². The van der Waals surface area contributed by atoms with Gasteiger partial charge in [0.15, 0.2) is 0 Å². The number of hydrogen-bond donors (Lipinski definition) is 1. The van der Waals surface area contributed by atoms with Crippen LogP contribution in [0.25, 0.3) is 11.4 Å². The Morgan fingerprint density at radius 1 is 1.04 bits per heavy atom. The lowest BCUT2D eigenvalue weighted by atomic mass is 10.1. The number of aromatic amines is 1. The molecule has 0 bridgehead atoms. The lowest BCUT2D eigenvalue weighted by molar-refractivity contribution is 0.0747. The van der Waals surface area contributed by atoms with Crippen LogP contribution in [-0.4, -0.2) is 51.9 Å². The number of benzene rings is 1.